The number of benzene rings is 1. The van der Waals surface area contributed by atoms with E-state index in [1.807, 2.05) is 36.4 Å². The molecule has 1 aromatic carbocycles. The molecular weight excluding hydrogens is 160 g/mol. The highest BCUT2D eigenvalue weighted by molar-refractivity contribution is 4.99. The van der Waals surface area contributed by atoms with E-state index in [2.05, 4.69) is 17.6 Å². The van der Waals surface area contributed by atoms with Crippen LogP contribution in [0, 0.1) is 0 Å². The molecule has 1 heterocycles. The second-order valence-corrected chi connectivity index (χ2v) is 3.21. The lowest BCUT2D eigenvalue weighted by Crippen LogP contribution is -2.46. The molecule has 1 aromatic rings. The third-order valence-corrected chi connectivity index (χ3v) is 1.91. The predicted molar refractivity (Wildman–Crippen MR) is 56.8 cm³/mol. The van der Waals surface area contributed by atoms with Crippen LogP contribution < -0.4 is 10.6 Å². The molecule has 1 aliphatic rings. The first-order valence-corrected chi connectivity index (χ1v) is 4.83. The maximum absolute atomic E-state index is 3.32. The third kappa shape index (κ3) is 5.39. The fraction of sp³-hybridized carbons (Fsp3) is 0.455. The van der Waals surface area contributed by atoms with Crippen molar-refractivity contribution >= 4 is 0 Å². The van der Waals surface area contributed by atoms with Gasteiger partial charge < -0.3 is 10.6 Å². The van der Waals surface area contributed by atoms with Crippen LogP contribution in [-0.4, -0.2) is 25.7 Å². The normalized spacial score (nSPS) is 21.5. The summed E-state index contributed by atoms with van der Waals surface area (Å²) in [5, 5.41) is 6.59. The van der Waals surface area contributed by atoms with Gasteiger partial charge in [0.15, 0.2) is 0 Å². The van der Waals surface area contributed by atoms with Crippen molar-refractivity contribution in [3.63, 3.8) is 0 Å². The first-order chi connectivity index (χ1) is 6.39. The van der Waals surface area contributed by atoms with Crippen molar-refractivity contribution in [2.24, 2.45) is 0 Å². The molecule has 1 unspecified atom stereocenters. The Morgan fingerprint density at radius 2 is 1.46 bits per heavy atom. The molecule has 2 rings (SSSR count). The SMILES string of the molecule is CC1CNCCN1.c1ccccc1. The van der Waals surface area contributed by atoms with Crippen molar-refractivity contribution in [1.82, 2.24) is 10.6 Å². The van der Waals surface area contributed by atoms with Gasteiger partial charge in [-0.25, -0.2) is 0 Å². The average molecular weight is 178 g/mol. The van der Waals surface area contributed by atoms with Gasteiger partial charge in [0.25, 0.3) is 0 Å². The van der Waals surface area contributed by atoms with E-state index in [9.17, 15) is 0 Å². The van der Waals surface area contributed by atoms with Crippen molar-refractivity contribution in [2.75, 3.05) is 19.6 Å². The molecule has 13 heavy (non-hydrogen) atoms. The minimum Gasteiger partial charge on any atom is -0.314 e. The van der Waals surface area contributed by atoms with Crippen LogP contribution in [0.3, 0.4) is 0 Å². The van der Waals surface area contributed by atoms with Crippen LogP contribution in [0.2, 0.25) is 0 Å². The number of rotatable bonds is 0. The molecule has 2 N–H and O–H groups in total. The van der Waals surface area contributed by atoms with E-state index in [1.165, 1.54) is 0 Å². The van der Waals surface area contributed by atoms with Gasteiger partial charge in [0.1, 0.15) is 0 Å². The van der Waals surface area contributed by atoms with E-state index in [1.54, 1.807) is 0 Å². The molecule has 0 aromatic heterocycles. The third-order valence-electron chi connectivity index (χ3n) is 1.91. The largest absolute Gasteiger partial charge is 0.314 e. The van der Waals surface area contributed by atoms with E-state index < -0.39 is 0 Å². The zero-order valence-corrected chi connectivity index (χ0v) is 8.16. The van der Waals surface area contributed by atoms with Gasteiger partial charge in [-0.2, -0.15) is 0 Å². The van der Waals surface area contributed by atoms with Crippen LogP contribution in [0.1, 0.15) is 6.92 Å². The van der Waals surface area contributed by atoms with Gasteiger partial charge in [0.2, 0.25) is 0 Å². The molecule has 1 saturated heterocycles. The van der Waals surface area contributed by atoms with Gasteiger partial charge in [0, 0.05) is 25.7 Å². The summed E-state index contributed by atoms with van der Waals surface area (Å²) >= 11 is 0. The number of nitrogens with one attached hydrogen (secondary N) is 2. The van der Waals surface area contributed by atoms with Crippen molar-refractivity contribution < 1.29 is 0 Å². The molecule has 1 fully saturated rings. The van der Waals surface area contributed by atoms with Crippen LogP contribution in [-0.2, 0) is 0 Å². The molecule has 1 aliphatic heterocycles. The van der Waals surface area contributed by atoms with Crippen LogP contribution in [0.25, 0.3) is 0 Å². The van der Waals surface area contributed by atoms with Crippen LogP contribution in [0.4, 0.5) is 0 Å². The molecule has 2 heteroatoms. The van der Waals surface area contributed by atoms with E-state index in [0.717, 1.165) is 19.6 Å². The van der Waals surface area contributed by atoms with Gasteiger partial charge in [0.05, 0.1) is 0 Å². The number of piperazine rings is 1. The van der Waals surface area contributed by atoms with Crippen LogP contribution >= 0.6 is 0 Å². The molecule has 0 aliphatic carbocycles. The Morgan fingerprint density at radius 3 is 1.69 bits per heavy atom. The monoisotopic (exact) mass is 178 g/mol. The summed E-state index contributed by atoms with van der Waals surface area (Å²) in [7, 11) is 0. The topological polar surface area (TPSA) is 24.1 Å². The summed E-state index contributed by atoms with van der Waals surface area (Å²) in [6.07, 6.45) is 0. The summed E-state index contributed by atoms with van der Waals surface area (Å²) in [6, 6.07) is 12.7. The standard InChI is InChI=1S/C6H6.C5H12N2/c1-2-4-6-5-3-1;1-5-4-6-2-3-7-5/h1-6H;5-7H,2-4H2,1H3. The van der Waals surface area contributed by atoms with Gasteiger partial charge in [-0.1, -0.05) is 36.4 Å². The Morgan fingerprint density at radius 1 is 0.923 bits per heavy atom. The Hall–Kier alpha value is -0.860. The molecule has 0 radical (unpaired) electrons. The lowest BCUT2D eigenvalue weighted by molar-refractivity contribution is 0.442. The Labute approximate surface area is 80.4 Å². The lowest BCUT2D eigenvalue weighted by atomic mass is 10.3. The van der Waals surface area contributed by atoms with Crippen LogP contribution in [0.15, 0.2) is 36.4 Å². The summed E-state index contributed by atoms with van der Waals surface area (Å²) in [4.78, 5) is 0. The fourth-order valence-corrected chi connectivity index (χ4v) is 1.18. The molecule has 0 spiro atoms. The first-order valence-electron chi connectivity index (χ1n) is 4.83. The highest BCUT2D eigenvalue weighted by Gasteiger charge is 2.03. The minimum atomic E-state index is 0.675. The minimum absolute atomic E-state index is 0.675. The summed E-state index contributed by atoms with van der Waals surface area (Å²) < 4.78 is 0. The summed E-state index contributed by atoms with van der Waals surface area (Å²) in [5.74, 6) is 0. The van der Waals surface area contributed by atoms with E-state index in [0.29, 0.717) is 6.04 Å². The molecular formula is C11H18N2. The smallest absolute Gasteiger partial charge is 0.0164 e. The second kappa shape index (κ2) is 6.63. The molecule has 2 nitrogen and oxygen atoms in total. The maximum atomic E-state index is 3.32. The first kappa shape index (κ1) is 10.2. The highest BCUT2D eigenvalue weighted by Crippen LogP contribution is 1.81. The Bertz CT molecular complexity index is 166. The van der Waals surface area contributed by atoms with Gasteiger partial charge >= 0.3 is 0 Å². The van der Waals surface area contributed by atoms with Gasteiger partial charge in [-0.05, 0) is 6.92 Å². The van der Waals surface area contributed by atoms with Crippen molar-refractivity contribution in [1.29, 1.82) is 0 Å². The highest BCUT2D eigenvalue weighted by atomic mass is 15.0. The summed E-state index contributed by atoms with van der Waals surface area (Å²) in [6.45, 7) is 5.57. The second-order valence-electron chi connectivity index (χ2n) is 3.21. The lowest BCUT2D eigenvalue weighted by Gasteiger charge is -2.19. The van der Waals surface area contributed by atoms with E-state index >= 15 is 0 Å². The molecule has 0 saturated carbocycles. The molecule has 72 valence electrons. The molecule has 0 amide bonds. The van der Waals surface area contributed by atoms with E-state index in [-0.39, 0.29) is 0 Å². The molecule has 0 bridgehead atoms. The van der Waals surface area contributed by atoms with Crippen molar-refractivity contribution in [3.8, 4) is 0 Å². The van der Waals surface area contributed by atoms with Gasteiger partial charge in [-0.3, -0.25) is 0 Å². The van der Waals surface area contributed by atoms with E-state index in [4.69, 9.17) is 0 Å². The average Bonchev–Trinajstić information content (AvgIpc) is 2.22. The van der Waals surface area contributed by atoms with Gasteiger partial charge in [-0.15, -0.1) is 0 Å². The Balaban J connectivity index is 0.000000132. The zero-order valence-electron chi connectivity index (χ0n) is 8.16. The number of hydrogen-bond donors (Lipinski definition) is 2. The maximum Gasteiger partial charge on any atom is 0.0164 e. The molecule has 1 atom stereocenters. The summed E-state index contributed by atoms with van der Waals surface area (Å²) in [5.41, 5.74) is 0. The van der Waals surface area contributed by atoms with Crippen molar-refractivity contribution in [2.45, 2.75) is 13.0 Å². The quantitative estimate of drug-likeness (QED) is 0.625. The van der Waals surface area contributed by atoms with Crippen molar-refractivity contribution in [3.05, 3.63) is 36.4 Å². The van der Waals surface area contributed by atoms with Crippen LogP contribution in [0.5, 0.6) is 0 Å². The Kier molecular flexibility index (Phi) is 5.22. The fourth-order valence-electron chi connectivity index (χ4n) is 1.18. The predicted octanol–water partition coefficient (Wildman–Crippen LogP) is 1.25. The zero-order chi connectivity index (χ0) is 9.36. The number of hydrogen-bond acceptors (Lipinski definition) is 2.